The molecule has 5 heterocycles. The zero-order chi connectivity index (χ0) is 27.1. The Morgan fingerprint density at radius 2 is 1.74 bits per heavy atom. The SMILES string of the molecule is Cc1nc2nc(C)c(C[C@@H]3CCN(c4cnc(-c5ccc(CN6CCN(C)[C@@H](C)C6)cc5)cn4)C3)c(C)n2n1. The molecule has 6 rings (SSSR count). The average Bonchev–Trinajstić information content (AvgIpc) is 3.55. The van der Waals surface area contributed by atoms with Gasteiger partial charge in [-0.25, -0.2) is 14.5 Å². The lowest BCUT2D eigenvalue weighted by Gasteiger charge is -2.37. The van der Waals surface area contributed by atoms with E-state index in [0.717, 1.165) is 86.4 Å². The molecule has 0 N–H and O–H groups in total. The Labute approximate surface area is 230 Å². The van der Waals surface area contributed by atoms with Crippen molar-refractivity contribution in [2.75, 3.05) is 44.7 Å². The number of piperazine rings is 1. The Hall–Kier alpha value is -3.43. The zero-order valence-corrected chi connectivity index (χ0v) is 23.8. The van der Waals surface area contributed by atoms with Crippen LogP contribution in [0.4, 0.5) is 5.82 Å². The van der Waals surface area contributed by atoms with E-state index in [9.17, 15) is 0 Å². The maximum absolute atomic E-state index is 4.80. The third kappa shape index (κ3) is 5.38. The molecule has 2 aliphatic rings. The largest absolute Gasteiger partial charge is 0.355 e. The second kappa shape index (κ2) is 10.6. The summed E-state index contributed by atoms with van der Waals surface area (Å²) in [4.78, 5) is 26.1. The number of rotatable bonds is 6. The maximum atomic E-state index is 4.80. The number of benzene rings is 1. The maximum Gasteiger partial charge on any atom is 0.252 e. The summed E-state index contributed by atoms with van der Waals surface area (Å²) in [5, 5.41) is 4.53. The van der Waals surface area contributed by atoms with Gasteiger partial charge in [0, 0.05) is 62.3 Å². The Morgan fingerprint density at radius 1 is 0.923 bits per heavy atom. The fourth-order valence-electron chi connectivity index (χ4n) is 6.04. The van der Waals surface area contributed by atoms with E-state index in [-0.39, 0.29) is 0 Å². The molecule has 2 aliphatic heterocycles. The van der Waals surface area contributed by atoms with Crippen molar-refractivity contribution < 1.29 is 0 Å². The van der Waals surface area contributed by atoms with Gasteiger partial charge in [-0.2, -0.15) is 10.1 Å². The molecule has 2 atom stereocenters. The molecular formula is C30H39N9. The van der Waals surface area contributed by atoms with Gasteiger partial charge in [-0.05, 0) is 64.6 Å². The highest BCUT2D eigenvalue weighted by molar-refractivity contribution is 5.59. The lowest BCUT2D eigenvalue weighted by atomic mass is 9.96. The number of anilines is 1. The molecule has 39 heavy (non-hydrogen) atoms. The van der Waals surface area contributed by atoms with E-state index in [1.54, 1.807) is 0 Å². The predicted octanol–water partition coefficient (Wildman–Crippen LogP) is 3.71. The Bertz CT molecular complexity index is 1440. The highest BCUT2D eigenvalue weighted by Gasteiger charge is 2.26. The van der Waals surface area contributed by atoms with Crippen LogP contribution in [0.5, 0.6) is 0 Å². The van der Waals surface area contributed by atoms with Gasteiger partial charge in [0.05, 0.1) is 18.1 Å². The molecule has 1 aromatic carbocycles. The van der Waals surface area contributed by atoms with Crippen LogP contribution in [-0.2, 0) is 13.0 Å². The van der Waals surface area contributed by atoms with Crippen LogP contribution in [0.3, 0.4) is 0 Å². The normalized spacial score (nSPS) is 20.8. The van der Waals surface area contributed by atoms with E-state index < -0.39 is 0 Å². The average molecular weight is 526 g/mol. The smallest absolute Gasteiger partial charge is 0.252 e. The van der Waals surface area contributed by atoms with Gasteiger partial charge >= 0.3 is 0 Å². The van der Waals surface area contributed by atoms with E-state index in [0.29, 0.717) is 17.7 Å². The number of nitrogens with zero attached hydrogens (tertiary/aromatic N) is 9. The minimum Gasteiger partial charge on any atom is -0.355 e. The zero-order valence-electron chi connectivity index (χ0n) is 23.8. The molecule has 0 bridgehead atoms. The molecule has 0 amide bonds. The summed E-state index contributed by atoms with van der Waals surface area (Å²) in [6.07, 6.45) is 5.96. The summed E-state index contributed by atoms with van der Waals surface area (Å²) in [6.45, 7) is 14.8. The van der Waals surface area contributed by atoms with Crippen LogP contribution in [0.25, 0.3) is 17.0 Å². The highest BCUT2D eigenvalue weighted by atomic mass is 15.3. The molecule has 2 saturated heterocycles. The number of hydrogen-bond acceptors (Lipinski definition) is 8. The van der Waals surface area contributed by atoms with Crippen molar-refractivity contribution in [1.82, 2.24) is 39.3 Å². The van der Waals surface area contributed by atoms with E-state index >= 15 is 0 Å². The third-order valence-electron chi connectivity index (χ3n) is 8.60. The van der Waals surface area contributed by atoms with Crippen LogP contribution in [0.2, 0.25) is 0 Å². The first-order valence-electron chi connectivity index (χ1n) is 14.1. The molecule has 3 aromatic heterocycles. The second-order valence-corrected chi connectivity index (χ2v) is 11.5. The van der Waals surface area contributed by atoms with Crippen molar-refractivity contribution in [2.24, 2.45) is 5.92 Å². The van der Waals surface area contributed by atoms with Gasteiger partial charge in [0.2, 0.25) is 0 Å². The van der Waals surface area contributed by atoms with Crippen LogP contribution in [0, 0.1) is 26.7 Å². The molecule has 9 heteroatoms. The Kier molecular flexibility index (Phi) is 7.03. The molecule has 0 saturated carbocycles. The minimum absolute atomic E-state index is 0.545. The summed E-state index contributed by atoms with van der Waals surface area (Å²) < 4.78 is 1.88. The lowest BCUT2D eigenvalue weighted by Crippen LogP contribution is -2.49. The molecule has 204 valence electrons. The molecule has 4 aromatic rings. The molecule has 2 fully saturated rings. The van der Waals surface area contributed by atoms with E-state index in [4.69, 9.17) is 15.0 Å². The standard InChI is InChI=1S/C30H39N9/c1-20-17-37(13-12-36(20)5)18-24-6-8-26(9-7-24)28-15-32-29(16-31-28)38-11-10-25(19-38)14-27-21(2)33-30-34-23(4)35-39(30)22(27)3/h6-9,15-16,20,25H,10-14,17-19H2,1-5H3/t20-,25-/m0/s1. The number of aryl methyl sites for hydroxylation is 3. The molecule has 0 aliphatic carbocycles. The molecule has 9 nitrogen and oxygen atoms in total. The fraction of sp³-hybridized carbons (Fsp3) is 0.500. The van der Waals surface area contributed by atoms with E-state index in [1.807, 2.05) is 23.8 Å². The Morgan fingerprint density at radius 3 is 2.49 bits per heavy atom. The lowest BCUT2D eigenvalue weighted by molar-refractivity contribution is 0.1000. The van der Waals surface area contributed by atoms with Gasteiger partial charge < -0.3 is 9.80 Å². The number of hydrogen-bond donors (Lipinski definition) is 0. The van der Waals surface area contributed by atoms with E-state index in [2.05, 4.69) is 76.9 Å². The van der Waals surface area contributed by atoms with Crippen LogP contribution in [-0.4, -0.2) is 85.2 Å². The predicted molar refractivity (Wildman–Crippen MR) is 154 cm³/mol. The van der Waals surface area contributed by atoms with Crippen LogP contribution in [0.15, 0.2) is 36.7 Å². The summed E-state index contributed by atoms with van der Waals surface area (Å²) >= 11 is 0. The van der Waals surface area contributed by atoms with Gasteiger partial charge in [-0.15, -0.1) is 0 Å². The monoisotopic (exact) mass is 525 g/mol. The first kappa shape index (κ1) is 25.8. The van der Waals surface area contributed by atoms with Crippen molar-refractivity contribution >= 4 is 11.6 Å². The highest BCUT2D eigenvalue weighted by Crippen LogP contribution is 2.28. The first-order valence-corrected chi connectivity index (χ1v) is 14.1. The molecule has 0 spiro atoms. The van der Waals surface area contributed by atoms with Gasteiger partial charge in [-0.3, -0.25) is 9.88 Å². The third-order valence-corrected chi connectivity index (χ3v) is 8.60. The number of aromatic nitrogens is 6. The summed E-state index contributed by atoms with van der Waals surface area (Å²) in [5.74, 6) is 2.95. The topological polar surface area (TPSA) is 78.6 Å². The van der Waals surface area contributed by atoms with Gasteiger partial charge in [0.15, 0.2) is 0 Å². The summed E-state index contributed by atoms with van der Waals surface area (Å²) in [6, 6.07) is 9.43. The van der Waals surface area contributed by atoms with Crippen LogP contribution >= 0.6 is 0 Å². The minimum atomic E-state index is 0.545. The van der Waals surface area contributed by atoms with Crippen molar-refractivity contribution in [2.45, 2.75) is 53.1 Å². The quantitative estimate of drug-likeness (QED) is 0.377. The van der Waals surface area contributed by atoms with Gasteiger partial charge in [-0.1, -0.05) is 24.3 Å². The molecule has 0 unspecified atom stereocenters. The molecule has 0 radical (unpaired) electrons. The van der Waals surface area contributed by atoms with Crippen LogP contribution in [0.1, 0.15) is 41.7 Å². The first-order chi connectivity index (χ1) is 18.8. The number of likely N-dealkylation sites (N-methyl/N-ethyl adjacent to an activating group) is 1. The van der Waals surface area contributed by atoms with Crippen LogP contribution < -0.4 is 4.90 Å². The second-order valence-electron chi connectivity index (χ2n) is 11.5. The van der Waals surface area contributed by atoms with E-state index in [1.165, 1.54) is 11.1 Å². The van der Waals surface area contributed by atoms with Gasteiger partial charge in [0.25, 0.3) is 5.78 Å². The Balaban J connectivity index is 1.07. The van der Waals surface area contributed by atoms with Crippen molar-refractivity contribution in [3.63, 3.8) is 0 Å². The van der Waals surface area contributed by atoms with Crippen molar-refractivity contribution in [1.29, 1.82) is 0 Å². The summed E-state index contributed by atoms with van der Waals surface area (Å²) in [5.41, 5.74) is 6.86. The summed E-state index contributed by atoms with van der Waals surface area (Å²) in [7, 11) is 2.21. The molecular weight excluding hydrogens is 486 g/mol. The van der Waals surface area contributed by atoms with Gasteiger partial charge in [0.1, 0.15) is 11.6 Å². The fourth-order valence-corrected chi connectivity index (χ4v) is 6.04. The number of fused-ring (bicyclic) bond motifs is 1. The van der Waals surface area contributed by atoms with Crippen molar-refractivity contribution in [3.05, 3.63) is 65.0 Å². The van der Waals surface area contributed by atoms with Crippen molar-refractivity contribution in [3.8, 4) is 11.3 Å².